The van der Waals surface area contributed by atoms with Crippen LogP contribution in [-0.2, 0) is 14.3 Å². The van der Waals surface area contributed by atoms with Crippen molar-refractivity contribution >= 4 is 34.5 Å². The molecule has 0 bridgehead atoms. The molecule has 0 atom stereocenters. The van der Waals surface area contributed by atoms with E-state index in [0.717, 1.165) is 21.9 Å². The monoisotopic (exact) mass is 474 g/mol. The third-order valence-corrected chi connectivity index (χ3v) is 5.33. The molecule has 0 radical (unpaired) electrons. The van der Waals surface area contributed by atoms with E-state index < -0.39 is 30.2 Å². The summed E-state index contributed by atoms with van der Waals surface area (Å²) < 4.78 is 20.1. The predicted octanol–water partition coefficient (Wildman–Crippen LogP) is 3.73. The van der Waals surface area contributed by atoms with Gasteiger partial charge in [0.15, 0.2) is 6.61 Å². The van der Waals surface area contributed by atoms with Gasteiger partial charge in [0.1, 0.15) is 11.6 Å². The number of para-hydroxylation sites is 1. The van der Waals surface area contributed by atoms with Crippen molar-refractivity contribution in [1.29, 1.82) is 0 Å². The number of likely N-dealkylation sites (N-methyl/N-ethyl adjacent to an activating group) is 1. The highest BCUT2D eigenvalue weighted by molar-refractivity contribution is 5.96. The highest BCUT2D eigenvalue weighted by atomic mass is 19.1. The van der Waals surface area contributed by atoms with Gasteiger partial charge in [0.2, 0.25) is 5.91 Å². The Morgan fingerprint density at radius 2 is 1.74 bits per heavy atom. The average Bonchev–Trinajstić information content (AvgIpc) is 3.18. The number of carbonyl (C=O) groups excluding carboxylic acids is 3. The van der Waals surface area contributed by atoms with Crippen LogP contribution in [0.4, 0.5) is 10.1 Å². The van der Waals surface area contributed by atoms with E-state index in [4.69, 9.17) is 4.74 Å². The van der Waals surface area contributed by atoms with Crippen molar-refractivity contribution in [2.45, 2.75) is 6.92 Å². The number of aryl methyl sites for hydroxylation is 1. The van der Waals surface area contributed by atoms with E-state index in [1.54, 1.807) is 18.2 Å². The molecule has 0 aliphatic rings. The Morgan fingerprint density at radius 3 is 2.46 bits per heavy atom. The summed E-state index contributed by atoms with van der Waals surface area (Å²) in [7, 11) is 1.42. The van der Waals surface area contributed by atoms with Crippen LogP contribution in [0.3, 0.4) is 0 Å². The molecule has 4 rings (SSSR count). The van der Waals surface area contributed by atoms with Gasteiger partial charge in [-0.2, -0.15) is 0 Å². The number of esters is 1. The molecule has 1 N–H and O–H groups in total. The lowest BCUT2D eigenvalue weighted by Gasteiger charge is -2.16. The minimum absolute atomic E-state index is 0.254. The molecule has 0 saturated heterocycles. The number of aromatic nitrogens is 2. The molecule has 0 spiro atoms. The molecule has 0 fully saturated rings. The first-order chi connectivity index (χ1) is 16.8. The number of ether oxygens (including phenoxy) is 1. The van der Waals surface area contributed by atoms with Gasteiger partial charge in [-0.25, -0.2) is 14.2 Å². The molecule has 3 aromatic carbocycles. The quantitative estimate of drug-likeness (QED) is 0.412. The first-order valence-electron chi connectivity index (χ1n) is 10.8. The largest absolute Gasteiger partial charge is 0.452 e. The summed E-state index contributed by atoms with van der Waals surface area (Å²) >= 11 is 0. The van der Waals surface area contributed by atoms with Gasteiger partial charge >= 0.3 is 5.97 Å². The molecule has 1 aromatic heterocycles. The molecular formula is C26H23FN4O4. The Bertz CT molecular complexity index is 1380. The number of rotatable bonds is 7. The van der Waals surface area contributed by atoms with Crippen molar-refractivity contribution in [3.63, 3.8) is 0 Å². The van der Waals surface area contributed by atoms with Crippen LogP contribution in [0.15, 0.2) is 72.8 Å². The van der Waals surface area contributed by atoms with E-state index in [-0.39, 0.29) is 12.1 Å². The highest BCUT2D eigenvalue weighted by Gasteiger charge is 2.18. The van der Waals surface area contributed by atoms with Crippen LogP contribution in [0.2, 0.25) is 0 Å². The van der Waals surface area contributed by atoms with E-state index in [9.17, 15) is 18.8 Å². The third-order valence-electron chi connectivity index (χ3n) is 5.33. The van der Waals surface area contributed by atoms with Gasteiger partial charge < -0.3 is 15.0 Å². The van der Waals surface area contributed by atoms with Crippen LogP contribution in [0.1, 0.15) is 16.2 Å². The summed E-state index contributed by atoms with van der Waals surface area (Å²) in [5.41, 5.74) is 3.10. The normalized spacial score (nSPS) is 10.7. The van der Waals surface area contributed by atoms with Crippen LogP contribution < -0.4 is 5.32 Å². The molecule has 35 heavy (non-hydrogen) atoms. The standard InChI is InChI=1S/C26H23FN4O4/c1-17-28-22-14-18(8-13-23(22)31(17)21-6-4-3-5-7-21)26(34)35-16-25(33)30(2)15-24(32)29-20-11-9-19(27)10-12-20/h3-14H,15-16H2,1-2H3,(H,29,32). The smallest absolute Gasteiger partial charge is 0.338 e. The van der Waals surface area contributed by atoms with Crippen molar-refractivity contribution in [1.82, 2.24) is 14.5 Å². The first-order valence-corrected chi connectivity index (χ1v) is 10.8. The predicted molar refractivity (Wildman–Crippen MR) is 129 cm³/mol. The maximum atomic E-state index is 13.0. The fraction of sp³-hybridized carbons (Fsp3) is 0.154. The molecule has 0 aliphatic heterocycles. The zero-order chi connectivity index (χ0) is 24.9. The van der Waals surface area contributed by atoms with Crippen LogP contribution in [0.5, 0.6) is 0 Å². The maximum absolute atomic E-state index is 13.0. The van der Waals surface area contributed by atoms with Crippen LogP contribution in [-0.4, -0.2) is 52.4 Å². The van der Waals surface area contributed by atoms with E-state index in [1.807, 2.05) is 41.8 Å². The molecule has 0 unspecified atom stereocenters. The SMILES string of the molecule is Cc1nc2cc(C(=O)OCC(=O)N(C)CC(=O)Nc3ccc(F)cc3)ccc2n1-c1ccccc1. The Morgan fingerprint density at radius 1 is 1.03 bits per heavy atom. The van der Waals surface area contributed by atoms with Gasteiger partial charge in [-0.15, -0.1) is 0 Å². The van der Waals surface area contributed by atoms with Gasteiger partial charge in [-0.05, 0) is 61.5 Å². The number of nitrogens with zero attached hydrogens (tertiary/aromatic N) is 3. The van der Waals surface area contributed by atoms with Crippen molar-refractivity contribution in [3.05, 3.63) is 90.0 Å². The molecule has 178 valence electrons. The third kappa shape index (κ3) is 5.52. The number of fused-ring (bicyclic) bond motifs is 1. The molecule has 2 amide bonds. The van der Waals surface area contributed by atoms with Gasteiger partial charge in [-0.3, -0.25) is 14.2 Å². The number of amides is 2. The molecule has 4 aromatic rings. The molecule has 0 aliphatic carbocycles. The summed E-state index contributed by atoms with van der Waals surface area (Å²) in [6.45, 7) is 1.11. The second kappa shape index (κ2) is 10.2. The minimum Gasteiger partial charge on any atom is -0.452 e. The topological polar surface area (TPSA) is 93.5 Å². The Kier molecular flexibility index (Phi) is 6.86. The van der Waals surface area contributed by atoms with Crippen molar-refractivity contribution in [3.8, 4) is 5.69 Å². The number of imidazole rings is 1. The Labute approximate surface area is 200 Å². The number of halogens is 1. The summed E-state index contributed by atoms with van der Waals surface area (Å²) in [5.74, 6) is -1.33. The Balaban J connectivity index is 1.35. The molecule has 9 heteroatoms. The maximum Gasteiger partial charge on any atom is 0.338 e. The van der Waals surface area contributed by atoms with Gasteiger partial charge in [0.25, 0.3) is 5.91 Å². The second-order valence-corrected chi connectivity index (χ2v) is 7.91. The van der Waals surface area contributed by atoms with Crippen LogP contribution >= 0.6 is 0 Å². The van der Waals surface area contributed by atoms with Crippen LogP contribution in [0, 0.1) is 12.7 Å². The lowest BCUT2D eigenvalue weighted by Crippen LogP contribution is -2.37. The lowest BCUT2D eigenvalue weighted by atomic mass is 10.2. The molecule has 0 saturated carbocycles. The summed E-state index contributed by atoms with van der Waals surface area (Å²) in [5, 5.41) is 2.56. The number of nitrogens with one attached hydrogen (secondary N) is 1. The second-order valence-electron chi connectivity index (χ2n) is 7.91. The molecule has 8 nitrogen and oxygen atoms in total. The number of carbonyl (C=O) groups is 3. The van der Waals surface area contributed by atoms with Crippen molar-refractivity contribution in [2.75, 3.05) is 25.5 Å². The summed E-state index contributed by atoms with van der Waals surface area (Å²) in [4.78, 5) is 42.7. The van der Waals surface area contributed by atoms with E-state index in [1.165, 1.54) is 31.3 Å². The number of hydrogen-bond donors (Lipinski definition) is 1. The lowest BCUT2D eigenvalue weighted by molar-refractivity contribution is -0.136. The fourth-order valence-corrected chi connectivity index (χ4v) is 3.59. The van der Waals surface area contributed by atoms with Crippen LogP contribution in [0.25, 0.3) is 16.7 Å². The van der Waals surface area contributed by atoms with Gasteiger partial charge in [0, 0.05) is 18.4 Å². The molecule has 1 heterocycles. The number of anilines is 1. The minimum atomic E-state index is -0.670. The van der Waals surface area contributed by atoms with E-state index in [2.05, 4.69) is 10.3 Å². The van der Waals surface area contributed by atoms with Gasteiger partial charge in [-0.1, -0.05) is 18.2 Å². The van der Waals surface area contributed by atoms with E-state index in [0.29, 0.717) is 11.2 Å². The first kappa shape index (κ1) is 23.6. The summed E-state index contributed by atoms with van der Waals surface area (Å²) in [6, 6.07) is 20.0. The zero-order valence-electron chi connectivity index (χ0n) is 19.2. The Hall–Kier alpha value is -4.53. The zero-order valence-corrected chi connectivity index (χ0v) is 19.2. The number of benzene rings is 3. The summed E-state index contributed by atoms with van der Waals surface area (Å²) in [6.07, 6.45) is 0. The van der Waals surface area contributed by atoms with Gasteiger partial charge in [0.05, 0.1) is 23.1 Å². The highest BCUT2D eigenvalue weighted by Crippen LogP contribution is 2.22. The van der Waals surface area contributed by atoms with E-state index >= 15 is 0 Å². The fourth-order valence-electron chi connectivity index (χ4n) is 3.59. The van der Waals surface area contributed by atoms with Crippen molar-refractivity contribution < 1.29 is 23.5 Å². The average molecular weight is 474 g/mol. The number of hydrogen-bond acceptors (Lipinski definition) is 5. The molecular weight excluding hydrogens is 451 g/mol. The van der Waals surface area contributed by atoms with Crippen molar-refractivity contribution in [2.24, 2.45) is 0 Å².